The Kier molecular flexibility index (Phi) is 10.2. The molecule has 0 unspecified atom stereocenters. The minimum atomic E-state index is -4.96. The summed E-state index contributed by atoms with van der Waals surface area (Å²) in [5.41, 5.74) is -3.48. The number of carbonyl (C=O) groups is 1. The van der Waals surface area contributed by atoms with Crippen molar-refractivity contribution < 1.29 is 67.0 Å². The van der Waals surface area contributed by atoms with Gasteiger partial charge in [-0.15, -0.1) is 26.3 Å². The van der Waals surface area contributed by atoms with Crippen LogP contribution in [0.5, 0.6) is 11.5 Å². The molecule has 7 nitrogen and oxygen atoms in total. The van der Waals surface area contributed by atoms with E-state index in [0.29, 0.717) is 12.3 Å². The highest BCUT2D eigenvalue weighted by Crippen LogP contribution is 2.33. The molecule has 240 valence electrons. The van der Waals surface area contributed by atoms with Gasteiger partial charge in [0.25, 0.3) is 5.24 Å². The smallest absolute Gasteiger partial charge is 0.406 e. The van der Waals surface area contributed by atoms with Crippen molar-refractivity contribution in [3.63, 3.8) is 0 Å². The summed E-state index contributed by atoms with van der Waals surface area (Å²) in [6.45, 7) is 0. The molecule has 0 fully saturated rings. The number of aromatic nitrogens is 4. The first-order valence-electron chi connectivity index (χ1n) is 11.4. The summed E-state index contributed by atoms with van der Waals surface area (Å²) >= 11 is 5.05. The van der Waals surface area contributed by atoms with Crippen LogP contribution < -0.4 is 9.47 Å². The van der Waals surface area contributed by atoms with Gasteiger partial charge in [0.2, 0.25) is 0 Å². The van der Waals surface area contributed by atoms with Gasteiger partial charge in [-0.25, -0.2) is 19.9 Å². The van der Waals surface area contributed by atoms with Crippen LogP contribution in [-0.4, -0.2) is 37.9 Å². The van der Waals surface area contributed by atoms with Crippen molar-refractivity contribution in [3.05, 3.63) is 83.9 Å². The maximum Gasteiger partial charge on any atom is 0.573 e. The lowest BCUT2D eigenvalue weighted by Gasteiger charge is -2.11. The molecule has 0 bridgehead atoms. The number of hydrogen-bond donors (Lipinski definition) is 0. The quantitative estimate of drug-likeness (QED) is 0.155. The Hall–Kier alpha value is -4.68. The third-order valence-electron chi connectivity index (χ3n) is 4.91. The first-order valence-corrected chi connectivity index (χ1v) is 11.8. The summed E-state index contributed by atoms with van der Waals surface area (Å²) < 4.78 is 156. The molecular weight excluding hydrogens is 668 g/mol. The number of hydrogen-bond acceptors (Lipinski definition) is 7. The van der Waals surface area contributed by atoms with E-state index < -0.39 is 64.6 Å². The van der Waals surface area contributed by atoms with Gasteiger partial charge in [0, 0.05) is 23.5 Å². The zero-order valence-corrected chi connectivity index (χ0v) is 22.0. The van der Waals surface area contributed by atoms with Crippen LogP contribution in [0.2, 0.25) is 0 Å². The lowest BCUT2D eigenvalue weighted by Crippen LogP contribution is -2.17. The van der Waals surface area contributed by atoms with Crippen molar-refractivity contribution in [3.8, 4) is 34.3 Å². The van der Waals surface area contributed by atoms with Gasteiger partial charge < -0.3 is 9.47 Å². The van der Waals surface area contributed by atoms with Gasteiger partial charge in [-0.3, -0.25) is 4.79 Å². The van der Waals surface area contributed by atoms with Gasteiger partial charge >= 0.3 is 25.1 Å². The van der Waals surface area contributed by atoms with Crippen molar-refractivity contribution >= 4 is 16.8 Å². The second kappa shape index (κ2) is 13.1. The highest BCUT2D eigenvalue weighted by molar-refractivity contribution is 6.67. The van der Waals surface area contributed by atoms with Crippen LogP contribution in [0.1, 0.15) is 21.7 Å². The fraction of sp³-hybridized carbons (Fsp3) is 0.160. The van der Waals surface area contributed by atoms with E-state index in [-0.39, 0.29) is 17.0 Å². The third kappa shape index (κ3) is 10.5. The molecule has 0 radical (unpaired) electrons. The van der Waals surface area contributed by atoms with E-state index in [1.807, 2.05) is 0 Å². The first-order chi connectivity index (χ1) is 20.6. The maximum atomic E-state index is 12.9. The van der Waals surface area contributed by atoms with E-state index in [1.54, 1.807) is 0 Å². The Bertz CT molecular complexity index is 1620. The first kappa shape index (κ1) is 34.8. The summed E-state index contributed by atoms with van der Waals surface area (Å²) in [6, 6.07) is 8.76. The SMILES string of the molecule is FC(F)(F)Oc1ccc(-c2nccc(C(F)(F)F)n2)cc1.O=C(Cl)c1cnc(-c2ccc(OC(F)(F)F)cc2)nc1C(F)(F)F. The summed E-state index contributed by atoms with van der Waals surface area (Å²) in [5, 5.41) is -1.39. The molecule has 0 N–H and O–H groups in total. The second-order valence-corrected chi connectivity index (χ2v) is 8.48. The van der Waals surface area contributed by atoms with Gasteiger partial charge in [0.05, 0.1) is 5.56 Å². The molecule has 0 saturated carbocycles. The molecule has 0 aliphatic rings. The van der Waals surface area contributed by atoms with E-state index in [0.717, 1.165) is 54.7 Å². The van der Waals surface area contributed by atoms with Crippen LogP contribution in [0.3, 0.4) is 0 Å². The van der Waals surface area contributed by atoms with Crippen LogP contribution in [0.4, 0.5) is 52.7 Å². The van der Waals surface area contributed by atoms with Crippen LogP contribution in [-0.2, 0) is 12.4 Å². The van der Waals surface area contributed by atoms with Crippen molar-refractivity contribution in [1.82, 2.24) is 19.9 Å². The fourth-order valence-corrected chi connectivity index (χ4v) is 3.29. The number of rotatable bonds is 5. The second-order valence-electron chi connectivity index (χ2n) is 8.13. The molecule has 0 saturated heterocycles. The Balaban J connectivity index is 0.000000248. The Morgan fingerprint density at radius 1 is 0.600 bits per heavy atom. The van der Waals surface area contributed by atoms with Crippen molar-refractivity contribution in [2.75, 3.05) is 0 Å². The molecule has 4 aromatic rings. The van der Waals surface area contributed by atoms with E-state index in [1.165, 1.54) is 0 Å². The molecule has 0 spiro atoms. The van der Waals surface area contributed by atoms with Crippen LogP contribution in [0, 0.1) is 0 Å². The molecule has 45 heavy (non-hydrogen) atoms. The molecule has 0 aliphatic heterocycles. The number of nitrogens with zero attached hydrogens (tertiary/aromatic N) is 4. The molecule has 20 heteroatoms. The van der Waals surface area contributed by atoms with E-state index in [2.05, 4.69) is 29.4 Å². The topological polar surface area (TPSA) is 87.1 Å². The van der Waals surface area contributed by atoms with Crippen molar-refractivity contribution in [1.29, 1.82) is 0 Å². The summed E-state index contributed by atoms with van der Waals surface area (Å²) in [7, 11) is 0. The molecule has 2 aromatic heterocycles. The Labute approximate surface area is 247 Å². The summed E-state index contributed by atoms with van der Waals surface area (Å²) in [5.74, 6) is -1.74. The van der Waals surface area contributed by atoms with Gasteiger partial charge in [0.1, 0.15) is 17.2 Å². The fourth-order valence-electron chi connectivity index (χ4n) is 3.15. The van der Waals surface area contributed by atoms with Crippen molar-refractivity contribution in [2.24, 2.45) is 0 Å². The number of alkyl halides is 12. The van der Waals surface area contributed by atoms with Gasteiger partial charge in [-0.05, 0) is 66.2 Å². The monoisotopic (exact) mass is 678 g/mol. The molecule has 0 aliphatic carbocycles. The van der Waals surface area contributed by atoms with Crippen LogP contribution in [0.15, 0.2) is 67.0 Å². The zero-order valence-electron chi connectivity index (χ0n) is 21.3. The summed E-state index contributed by atoms with van der Waals surface area (Å²) in [4.78, 5) is 24.8. The Morgan fingerprint density at radius 3 is 1.42 bits per heavy atom. The number of halogens is 13. The predicted octanol–water partition coefficient (Wildman–Crippen LogP) is 8.50. The lowest BCUT2D eigenvalue weighted by molar-refractivity contribution is -0.275. The molecule has 0 atom stereocenters. The van der Waals surface area contributed by atoms with E-state index in [4.69, 9.17) is 11.6 Å². The molecule has 0 amide bonds. The third-order valence-corrected chi connectivity index (χ3v) is 5.11. The Morgan fingerprint density at radius 2 is 1.04 bits per heavy atom. The zero-order chi connectivity index (χ0) is 33.8. The average Bonchev–Trinajstić information content (AvgIpc) is 2.91. The highest BCUT2D eigenvalue weighted by Gasteiger charge is 2.38. The van der Waals surface area contributed by atoms with Gasteiger partial charge in [-0.1, -0.05) is 0 Å². The van der Waals surface area contributed by atoms with Crippen molar-refractivity contribution in [2.45, 2.75) is 25.1 Å². The number of benzene rings is 2. The molecular formula is C25H11ClF12N4O3. The van der Waals surface area contributed by atoms with Gasteiger partial charge in [-0.2, -0.15) is 26.3 Å². The van der Waals surface area contributed by atoms with Gasteiger partial charge in [0.15, 0.2) is 17.3 Å². The van der Waals surface area contributed by atoms with Crippen LogP contribution >= 0.6 is 11.6 Å². The minimum Gasteiger partial charge on any atom is -0.406 e. The largest absolute Gasteiger partial charge is 0.573 e. The highest BCUT2D eigenvalue weighted by atomic mass is 35.5. The maximum absolute atomic E-state index is 12.9. The standard InChI is InChI=1S/C13H5ClF6N2O2.C12H6F6N2O/c14-10(23)8-5-21-11(22-9(8)12(15,16)17)6-1-3-7(4-2-6)24-13(18,19)20;13-11(14,15)9-5-6-19-10(20-9)7-1-3-8(4-2-7)21-12(16,17)18/h1-5H;1-6H. The number of ether oxygens (including phenoxy) is 2. The lowest BCUT2D eigenvalue weighted by atomic mass is 10.1. The molecule has 4 rings (SSSR count). The molecule has 2 heterocycles. The summed E-state index contributed by atoms with van der Waals surface area (Å²) in [6.07, 6.45) is -17.8. The average molecular weight is 679 g/mol. The van der Waals surface area contributed by atoms with E-state index >= 15 is 0 Å². The minimum absolute atomic E-state index is 0.0106. The normalized spacial score (nSPS) is 12.2. The predicted molar refractivity (Wildman–Crippen MR) is 128 cm³/mol. The number of carbonyl (C=O) groups excluding carboxylic acids is 1. The molecule has 2 aromatic carbocycles. The van der Waals surface area contributed by atoms with E-state index in [9.17, 15) is 57.5 Å². The van der Waals surface area contributed by atoms with Crippen LogP contribution in [0.25, 0.3) is 22.8 Å².